The molecule has 1 aliphatic heterocycles. The van der Waals surface area contributed by atoms with Gasteiger partial charge in [0.2, 0.25) is 0 Å². The van der Waals surface area contributed by atoms with Gasteiger partial charge < -0.3 is 9.80 Å². The van der Waals surface area contributed by atoms with Crippen LogP contribution < -0.4 is 0 Å². The second-order valence-corrected chi connectivity index (χ2v) is 3.75. The molecule has 72 valence electrons. The van der Waals surface area contributed by atoms with Crippen molar-refractivity contribution in [3.8, 4) is 12.3 Å². The van der Waals surface area contributed by atoms with Crippen molar-refractivity contribution in [1.82, 2.24) is 9.80 Å². The molecule has 1 fully saturated rings. The van der Waals surface area contributed by atoms with Gasteiger partial charge in [-0.25, -0.2) is 0 Å². The highest BCUT2D eigenvalue weighted by atomic mass is 16.2. The molecule has 0 aromatic rings. The Bertz CT molecular complexity index is 232. The van der Waals surface area contributed by atoms with Gasteiger partial charge in [0, 0.05) is 20.1 Å². The summed E-state index contributed by atoms with van der Waals surface area (Å²) in [6.45, 7) is 2.98. The Morgan fingerprint density at radius 2 is 2.46 bits per heavy atom. The maximum atomic E-state index is 11.1. The van der Waals surface area contributed by atoms with E-state index < -0.39 is 0 Å². The van der Waals surface area contributed by atoms with E-state index >= 15 is 0 Å². The number of rotatable bonds is 2. The molecule has 1 aliphatic rings. The van der Waals surface area contributed by atoms with E-state index in [1.807, 2.05) is 0 Å². The minimum atomic E-state index is -0.213. The molecule has 1 atom stereocenters. The van der Waals surface area contributed by atoms with Crippen LogP contribution in [0.3, 0.4) is 0 Å². The van der Waals surface area contributed by atoms with Crippen LogP contribution in [0, 0.1) is 18.3 Å². The molecule has 0 aliphatic carbocycles. The SMILES string of the molecule is C#CC(=O)N(C)CC1CCN(C)C1. The number of hydrogen-bond acceptors (Lipinski definition) is 2. The fraction of sp³-hybridized carbons (Fsp3) is 0.700. The average molecular weight is 180 g/mol. The van der Waals surface area contributed by atoms with E-state index in [0.717, 1.165) is 19.6 Å². The lowest BCUT2D eigenvalue weighted by molar-refractivity contribution is -0.124. The van der Waals surface area contributed by atoms with Gasteiger partial charge in [-0.05, 0) is 31.9 Å². The molecule has 3 heteroatoms. The zero-order valence-electron chi connectivity index (χ0n) is 8.29. The van der Waals surface area contributed by atoms with Crippen molar-refractivity contribution >= 4 is 5.91 Å². The van der Waals surface area contributed by atoms with Crippen LogP contribution in [0.2, 0.25) is 0 Å². The first-order chi connectivity index (χ1) is 6.13. The fourth-order valence-electron chi connectivity index (χ4n) is 1.76. The molecule has 1 rings (SSSR count). The summed E-state index contributed by atoms with van der Waals surface area (Å²) in [6.07, 6.45) is 6.19. The van der Waals surface area contributed by atoms with Crippen molar-refractivity contribution in [3.63, 3.8) is 0 Å². The second-order valence-electron chi connectivity index (χ2n) is 3.75. The van der Waals surface area contributed by atoms with Crippen LogP contribution in [0.4, 0.5) is 0 Å². The Labute approximate surface area is 79.7 Å². The van der Waals surface area contributed by atoms with Crippen molar-refractivity contribution in [2.45, 2.75) is 6.42 Å². The summed E-state index contributed by atoms with van der Waals surface area (Å²) in [7, 11) is 3.86. The monoisotopic (exact) mass is 180 g/mol. The van der Waals surface area contributed by atoms with E-state index in [1.165, 1.54) is 6.42 Å². The summed E-state index contributed by atoms with van der Waals surface area (Å²) >= 11 is 0. The van der Waals surface area contributed by atoms with Gasteiger partial charge in [0.05, 0.1) is 0 Å². The van der Waals surface area contributed by atoms with E-state index in [1.54, 1.807) is 11.9 Å². The highest BCUT2D eigenvalue weighted by Crippen LogP contribution is 2.14. The lowest BCUT2D eigenvalue weighted by atomic mass is 10.1. The van der Waals surface area contributed by atoms with Crippen molar-refractivity contribution in [2.75, 3.05) is 33.7 Å². The predicted octanol–water partition coefficient (Wildman–Crippen LogP) is 0.0297. The molecule has 13 heavy (non-hydrogen) atoms. The molecule has 0 aromatic carbocycles. The van der Waals surface area contributed by atoms with E-state index in [4.69, 9.17) is 6.42 Å². The Morgan fingerprint density at radius 3 is 2.92 bits per heavy atom. The summed E-state index contributed by atoms with van der Waals surface area (Å²) in [5.41, 5.74) is 0. The van der Waals surface area contributed by atoms with E-state index in [2.05, 4.69) is 17.9 Å². The van der Waals surface area contributed by atoms with Gasteiger partial charge >= 0.3 is 0 Å². The van der Waals surface area contributed by atoms with E-state index in [-0.39, 0.29) is 5.91 Å². The molecular formula is C10H16N2O. The van der Waals surface area contributed by atoms with E-state index in [9.17, 15) is 4.79 Å². The van der Waals surface area contributed by atoms with Gasteiger partial charge in [0.1, 0.15) is 0 Å². The van der Waals surface area contributed by atoms with Gasteiger partial charge in [-0.15, -0.1) is 6.42 Å². The summed E-state index contributed by atoms with van der Waals surface area (Å²) in [5, 5.41) is 0. The standard InChI is InChI=1S/C10H16N2O/c1-4-10(13)12(3)8-9-5-6-11(2)7-9/h1,9H,5-8H2,2-3H3. The van der Waals surface area contributed by atoms with E-state index in [0.29, 0.717) is 5.92 Å². The molecular weight excluding hydrogens is 164 g/mol. The molecule has 1 heterocycles. The number of hydrogen-bond donors (Lipinski definition) is 0. The summed E-state index contributed by atoms with van der Waals surface area (Å²) in [5.74, 6) is 2.50. The zero-order chi connectivity index (χ0) is 9.84. The molecule has 0 N–H and O–H groups in total. The van der Waals surface area contributed by atoms with Crippen molar-refractivity contribution < 1.29 is 4.79 Å². The molecule has 3 nitrogen and oxygen atoms in total. The highest BCUT2D eigenvalue weighted by Gasteiger charge is 2.21. The number of amides is 1. The van der Waals surface area contributed by atoms with Crippen LogP contribution in [0.25, 0.3) is 0 Å². The molecule has 1 unspecified atom stereocenters. The first-order valence-corrected chi connectivity index (χ1v) is 4.53. The minimum Gasteiger partial charge on any atom is -0.335 e. The molecule has 1 amide bonds. The van der Waals surface area contributed by atoms with Crippen LogP contribution in [0.1, 0.15) is 6.42 Å². The molecule has 1 saturated heterocycles. The molecule has 0 spiro atoms. The number of likely N-dealkylation sites (tertiary alicyclic amines) is 1. The van der Waals surface area contributed by atoms with Crippen LogP contribution in [-0.2, 0) is 4.79 Å². The summed E-state index contributed by atoms with van der Waals surface area (Å²) < 4.78 is 0. The summed E-state index contributed by atoms with van der Waals surface area (Å²) in [6, 6.07) is 0. The third kappa shape index (κ3) is 2.74. The minimum absolute atomic E-state index is 0.213. The van der Waals surface area contributed by atoms with Gasteiger partial charge in [-0.1, -0.05) is 0 Å². The predicted molar refractivity (Wildman–Crippen MR) is 52.1 cm³/mol. The fourth-order valence-corrected chi connectivity index (χ4v) is 1.76. The molecule has 0 radical (unpaired) electrons. The van der Waals surface area contributed by atoms with Crippen molar-refractivity contribution in [2.24, 2.45) is 5.92 Å². The van der Waals surface area contributed by atoms with Gasteiger partial charge in [0.25, 0.3) is 5.91 Å². The molecule has 0 bridgehead atoms. The smallest absolute Gasteiger partial charge is 0.297 e. The van der Waals surface area contributed by atoms with Crippen LogP contribution in [0.5, 0.6) is 0 Å². The number of carbonyl (C=O) groups excluding carboxylic acids is 1. The Balaban J connectivity index is 2.33. The van der Waals surface area contributed by atoms with Gasteiger partial charge in [-0.2, -0.15) is 0 Å². The quantitative estimate of drug-likeness (QED) is 0.560. The number of terminal acetylenes is 1. The highest BCUT2D eigenvalue weighted by molar-refractivity contribution is 5.92. The van der Waals surface area contributed by atoms with Crippen molar-refractivity contribution in [3.05, 3.63) is 0 Å². The van der Waals surface area contributed by atoms with Gasteiger partial charge in [0.15, 0.2) is 0 Å². The largest absolute Gasteiger partial charge is 0.335 e. The lowest BCUT2D eigenvalue weighted by Gasteiger charge is -2.18. The maximum absolute atomic E-state index is 11.1. The maximum Gasteiger partial charge on any atom is 0.297 e. The first kappa shape index (κ1) is 10.1. The zero-order valence-corrected chi connectivity index (χ0v) is 8.29. The number of carbonyl (C=O) groups is 1. The number of nitrogens with zero attached hydrogens (tertiary/aromatic N) is 2. The normalized spacial score (nSPS) is 22.7. The summed E-state index contributed by atoms with van der Waals surface area (Å²) in [4.78, 5) is 15.0. The van der Waals surface area contributed by atoms with Crippen molar-refractivity contribution in [1.29, 1.82) is 0 Å². The molecule has 0 aromatic heterocycles. The Morgan fingerprint density at radius 1 is 1.77 bits per heavy atom. The first-order valence-electron chi connectivity index (χ1n) is 4.53. The topological polar surface area (TPSA) is 23.6 Å². The average Bonchev–Trinajstić information content (AvgIpc) is 2.49. The van der Waals surface area contributed by atoms with Crippen LogP contribution >= 0.6 is 0 Å². The second kappa shape index (κ2) is 4.29. The third-order valence-electron chi connectivity index (χ3n) is 2.49. The van der Waals surface area contributed by atoms with Crippen LogP contribution in [-0.4, -0.2) is 49.4 Å². The van der Waals surface area contributed by atoms with Gasteiger partial charge in [-0.3, -0.25) is 4.79 Å². The third-order valence-corrected chi connectivity index (χ3v) is 2.49. The molecule has 0 saturated carbocycles. The Kier molecular flexibility index (Phi) is 3.32. The van der Waals surface area contributed by atoms with Crippen LogP contribution in [0.15, 0.2) is 0 Å². The Hall–Kier alpha value is -1.01. The lowest BCUT2D eigenvalue weighted by Crippen LogP contribution is -2.31.